The summed E-state index contributed by atoms with van der Waals surface area (Å²) in [6, 6.07) is 4.81. The molecule has 0 aromatic heterocycles. The zero-order valence-corrected chi connectivity index (χ0v) is 11.1. The first kappa shape index (κ1) is 14.0. The average molecular weight is 277 g/mol. The molecule has 1 aromatic rings. The van der Waals surface area contributed by atoms with E-state index >= 15 is 0 Å². The molecule has 1 aliphatic heterocycles. The van der Waals surface area contributed by atoms with Gasteiger partial charge in [-0.2, -0.15) is 0 Å². The molecule has 0 radical (unpaired) electrons. The Morgan fingerprint density at radius 3 is 2.75 bits per heavy atom. The maximum absolute atomic E-state index is 11.9. The summed E-state index contributed by atoms with van der Waals surface area (Å²) in [4.78, 5) is 35.7. The Kier molecular flexibility index (Phi) is 4.02. The number of rotatable bonds is 5. The molecule has 1 N–H and O–H groups in total. The third-order valence-electron chi connectivity index (χ3n) is 3.11. The van der Waals surface area contributed by atoms with E-state index in [1.165, 1.54) is 0 Å². The van der Waals surface area contributed by atoms with Crippen LogP contribution in [0, 0.1) is 0 Å². The van der Waals surface area contributed by atoms with Crippen molar-refractivity contribution in [2.75, 3.05) is 18.1 Å². The van der Waals surface area contributed by atoms with Gasteiger partial charge in [-0.05, 0) is 25.1 Å². The molecule has 6 nitrogen and oxygen atoms in total. The van der Waals surface area contributed by atoms with Crippen LogP contribution in [-0.2, 0) is 9.59 Å². The largest absolute Gasteiger partial charge is 0.482 e. The van der Waals surface area contributed by atoms with Crippen molar-refractivity contribution in [3.63, 3.8) is 0 Å². The SMILES string of the molecule is CCN1C(=O)COc2ccc(C(=O)CCC(=O)O)cc21. The van der Waals surface area contributed by atoms with Crippen molar-refractivity contribution >= 4 is 23.3 Å². The number of amides is 1. The number of carboxylic acid groups (broad SMARTS) is 1. The van der Waals surface area contributed by atoms with Crippen molar-refractivity contribution in [2.45, 2.75) is 19.8 Å². The Balaban J connectivity index is 2.26. The van der Waals surface area contributed by atoms with Crippen LogP contribution in [-0.4, -0.2) is 35.9 Å². The molecule has 1 heterocycles. The van der Waals surface area contributed by atoms with Crippen LogP contribution in [0.5, 0.6) is 5.75 Å². The second kappa shape index (κ2) is 5.73. The van der Waals surface area contributed by atoms with Crippen LogP contribution in [0.2, 0.25) is 0 Å². The number of anilines is 1. The number of carbonyl (C=O) groups is 3. The number of benzene rings is 1. The molecule has 6 heteroatoms. The molecular weight excluding hydrogens is 262 g/mol. The molecule has 0 atom stereocenters. The van der Waals surface area contributed by atoms with Gasteiger partial charge in [0.25, 0.3) is 5.91 Å². The summed E-state index contributed by atoms with van der Waals surface area (Å²) in [5.74, 6) is -0.870. The van der Waals surface area contributed by atoms with Gasteiger partial charge in [-0.25, -0.2) is 0 Å². The topological polar surface area (TPSA) is 83.9 Å². The quantitative estimate of drug-likeness (QED) is 0.824. The second-order valence-electron chi connectivity index (χ2n) is 4.43. The minimum absolute atomic E-state index is 0.00680. The molecule has 1 aliphatic rings. The summed E-state index contributed by atoms with van der Waals surface area (Å²) in [6.45, 7) is 2.32. The molecule has 0 spiro atoms. The molecule has 0 bridgehead atoms. The van der Waals surface area contributed by atoms with Crippen LogP contribution < -0.4 is 9.64 Å². The molecule has 106 valence electrons. The number of nitrogens with zero attached hydrogens (tertiary/aromatic N) is 1. The van der Waals surface area contributed by atoms with Crippen LogP contribution in [0.25, 0.3) is 0 Å². The Morgan fingerprint density at radius 2 is 2.10 bits per heavy atom. The van der Waals surface area contributed by atoms with E-state index in [0.29, 0.717) is 23.5 Å². The molecule has 0 fully saturated rings. The monoisotopic (exact) mass is 277 g/mol. The van der Waals surface area contributed by atoms with E-state index < -0.39 is 5.97 Å². The van der Waals surface area contributed by atoms with Gasteiger partial charge in [0.1, 0.15) is 5.75 Å². The zero-order valence-electron chi connectivity index (χ0n) is 11.1. The van der Waals surface area contributed by atoms with E-state index in [1.807, 2.05) is 6.92 Å². The lowest BCUT2D eigenvalue weighted by Gasteiger charge is -2.28. The highest BCUT2D eigenvalue weighted by atomic mass is 16.5. The Labute approximate surface area is 115 Å². The lowest BCUT2D eigenvalue weighted by molar-refractivity contribution is -0.137. The molecule has 0 saturated carbocycles. The molecule has 1 amide bonds. The van der Waals surface area contributed by atoms with Crippen molar-refractivity contribution in [1.82, 2.24) is 0 Å². The van der Waals surface area contributed by atoms with E-state index in [1.54, 1.807) is 23.1 Å². The summed E-state index contributed by atoms with van der Waals surface area (Å²) in [5, 5.41) is 8.59. The zero-order chi connectivity index (χ0) is 14.7. The fourth-order valence-electron chi connectivity index (χ4n) is 2.09. The fourth-order valence-corrected chi connectivity index (χ4v) is 2.09. The van der Waals surface area contributed by atoms with Gasteiger partial charge in [0.05, 0.1) is 12.1 Å². The van der Waals surface area contributed by atoms with E-state index in [9.17, 15) is 14.4 Å². The van der Waals surface area contributed by atoms with Crippen LogP contribution in [0.1, 0.15) is 30.1 Å². The molecule has 2 rings (SSSR count). The highest BCUT2D eigenvalue weighted by Gasteiger charge is 2.25. The van der Waals surface area contributed by atoms with Gasteiger partial charge in [-0.15, -0.1) is 0 Å². The average Bonchev–Trinajstić information content (AvgIpc) is 2.44. The lowest BCUT2D eigenvalue weighted by atomic mass is 10.0. The van der Waals surface area contributed by atoms with Crippen molar-refractivity contribution < 1.29 is 24.2 Å². The van der Waals surface area contributed by atoms with Crippen molar-refractivity contribution in [2.24, 2.45) is 0 Å². The third-order valence-corrected chi connectivity index (χ3v) is 3.11. The van der Waals surface area contributed by atoms with E-state index in [0.717, 1.165) is 0 Å². The predicted molar refractivity (Wildman–Crippen MR) is 71.2 cm³/mol. The highest BCUT2D eigenvalue weighted by Crippen LogP contribution is 2.33. The third kappa shape index (κ3) is 2.79. The lowest BCUT2D eigenvalue weighted by Crippen LogP contribution is -2.38. The Morgan fingerprint density at radius 1 is 1.35 bits per heavy atom. The molecule has 1 aromatic carbocycles. The van der Waals surface area contributed by atoms with E-state index in [4.69, 9.17) is 9.84 Å². The number of likely N-dealkylation sites (N-methyl/N-ethyl adjacent to an activating group) is 1. The van der Waals surface area contributed by atoms with Gasteiger partial charge < -0.3 is 14.7 Å². The van der Waals surface area contributed by atoms with Gasteiger partial charge in [0.2, 0.25) is 0 Å². The summed E-state index contributed by atoms with van der Waals surface area (Å²) in [7, 11) is 0. The molecule has 0 unspecified atom stereocenters. The number of ether oxygens (including phenoxy) is 1. The number of aliphatic carboxylic acids is 1. The van der Waals surface area contributed by atoms with Gasteiger partial charge >= 0.3 is 5.97 Å². The molecule has 0 aliphatic carbocycles. The minimum Gasteiger partial charge on any atom is -0.482 e. The maximum Gasteiger partial charge on any atom is 0.303 e. The first-order chi connectivity index (χ1) is 9.52. The summed E-state index contributed by atoms with van der Waals surface area (Å²) in [6.07, 6.45) is -0.266. The van der Waals surface area contributed by atoms with Crippen molar-refractivity contribution in [3.05, 3.63) is 23.8 Å². The number of hydrogen-bond donors (Lipinski definition) is 1. The second-order valence-corrected chi connectivity index (χ2v) is 4.43. The van der Waals surface area contributed by atoms with Crippen LogP contribution in [0.4, 0.5) is 5.69 Å². The van der Waals surface area contributed by atoms with Crippen LogP contribution >= 0.6 is 0 Å². The number of fused-ring (bicyclic) bond motifs is 1. The molecule has 20 heavy (non-hydrogen) atoms. The number of ketones is 1. The van der Waals surface area contributed by atoms with Crippen molar-refractivity contribution in [3.8, 4) is 5.75 Å². The summed E-state index contributed by atoms with van der Waals surface area (Å²) in [5.41, 5.74) is 0.951. The first-order valence-electron chi connectivity index (χ1n) is 6.35. The number of Topliss-reactive ketones (excluding diaryl/α,β-unsaturated/α-hetero) is 1. The number of carbonyl (C=O) groups excluding carboxylic acids is 2. The van der Waals surface area contributed by atoms with Gasteiger partial charge in [-0.3, -0.25) is 14.4 Å². The van der Waals surface area contributed by atoms with Crippen LogP contribution in [0.15, 0.2) is 18.2 Å². The standard InChI is InChI=1S/C14H15NO5/c1-2-15-10-7-9(11(16)4-6-14(18)19)3-5-12(10)20-8-13(15)17/h3,5,7H,2,4,6,8H2,1H3,(H,18,19). The van der Waals surface area contributed by atoms with Gasteiger partial charge in [0, 0.05) is 18.5 Å². The molecule has 0 saturated heterocycles. The highest BCUT2D eigenvalue weighted by molar-refractivity contribution is 6.02. The maximum atomic E-state index is 11.9. The summed E-state index contributed by atoms with van der Waals surface area (Å²) >= 11 is 0. The summed E-state index contributed by atoms with van der Waals surface area (Å²) < 4.78 is 5.30. The van der Waals surface area contributed by atoms with Crippen molar-refractivity contribution in [1.29, 1.82) is 0 Å². The number of hydrogen-bond acceptors (Lipinski definition) is 4. The predicted octanol–water partition coefficient (Wildman–Crippen LogP) is 1.48. The Hall–Kier alpha value is -2.37. The van der Waals surface area contributed by atoms with E-state index in [-0.39, 0.29) is 31.1 Å². The first-order valence-corrected chi connectivity index (χ1v) is 6.35. The fraction of sp³-hybridized carbons (Fsp3) is 0.357. The minimum atomic E-state index is -1.01. The molecular formula is C14H15NO5. The Bertz CT molecular complexity index is 567. The number of carboxylic acids is 1. The van der Waals surface area contributed by atoms with Gasteiger partial charge in [-0.1, -0.05) is 0 Å². The van der Waals surface area contributed by atoms with Crippen LogP contribution in [0.3, 0.4) is 0 Å². The van der Waals surface area contributed by atoms with Gasteiger partial charge in [0.15, 0.2) is 12.4 Å². The normalized spacial score (nSPS) is 13.7. The smallest absolute Gasteiger partial charge is 0.303 e. The van der Waals surface area contributed by atoms with E-state index in [2.05, 4.69) is 0 Å².